The zero-order valence-corrected chi connectivity index (χ0v) is 16.6. The molecule has 9 nitrogen and oxygen atoms in total. The quantitative estimate of drug-likeness (QED) is 0.402. The summed E-state index contributed by atoms with van der Waals surface area (Å²) in [6.45, 7) is 1.55. The molecule has 0 aromatic heterocycles. The van der Waals surface area contributed by atoms with Crippen LogP contribution in [0.5, 0.6) is 0 Å². The molecule has 1 saturated heterocycles. The van der Waals surface area contributed by atoms with E-state index in [4.69, 9.17) is 14.7 Å². The minimum absolute atomic E-state index is 0.0668. The Labute approximate surface area is 163 Å². The Kier molecular flexibility index (Phi) is 6.66. The molecule has 152 valence electrons. The van der Waals surface area contributed by atoms with Crippen LogP contribution in [0.4, 0.5) is 10.5 Å². The number of amides is 2. The van der Waals surface area contributed by atoms with Crippen LogP contribution >= 0.6 is 0 Å². The van der Waals surface area contributed by atoms with E-state index in [1.165, 1.54) is 17.3 Å². The van der Waals surface area contributed by atoms with E-state index in [0.717, 1.165) is 11.8 Å². The van der Waals surface area contributed by atoms with Crippen LogP contribution in [0.2, 0.25) is 0 Å². The van der Waals surface area contributed by atoms with E-state index < -0.39 is 32.7 Å². The first-order valence-corrected chi connectivity index (χ1v) is 10.2. The number of nitrogens with zero attached hydrogens (tertiary/aromatic N) is 1. The molecule has 1 aliphatic rings. The third-order valence-electron chi connectivity index (χ3n) is 4.52. The van der Waals surface area contributed by atoms with E-state index in [9.17, 15) is 18.0 Å². The summed E-state index contributed by atoms with van der Waals surface area (Å²) in [5.41, 5.74) is 2.67. The SMILES string of the molecule is COCC#Cc1ccc(N2C[C@H](C[C@](C)(C(=O)NO)S(C)(=O)=O)OC2=O)cc1. The molecule has 1 aromatic rings. The van der Waals surface area contributed by atoms with E-state index in [1.807, 2.05) is 0 Å². The lowest BCUT2D eigenvalue weighted by Gasteiger charge is -2.26. The zero-order chi connectivity index (χ0) is 20.9. The van der Waals surface area contributed by atoms with Gasteiger partial charge in [-0.2, -0.15) is 0 Å². The van der Waals surface area contributed by atoms with Crippen LogP contribution in [0, 0.1) is 11.8 Å². The number of hydrogen-bond donors (Lipinski definition) is 2. The van der Waals surface area contributed by atoms with Crippen LogP contribution in [-0.4, -0.2) is 63.0 Å². The molecule has 2 N–H and O–H groups in total. The van der Waals surface area contributed by atoms with Crippen molar-refractivity contribution in [3.05, 3.63) is 29.8 Å². The molecule has 1 heterocycles. The minimum Gasteiger partial charge on any atom is -0.444 e. The van der Waals surface area contributed by atoms with Crippen molar-refractivity contribution in [2.24, 2.45) is 0 Å². The predicted molar refractivity (Wildman–Crippen MR) is 101 cm³/mol. The number of cyclic esters (lactones) is 1. The summed E-state index contributed by atoms with van der Waals surface area (Å²) in [6.07, 6.45) is -0.893. The largest absolute Gasteiger partial charge is 0.444 e. The molecule has 0 bridgehead atoms. The second kappa shape index (κ2) is 8.60. The molecule has 1 aromatic carbocycles. The number of methoxy groups -OCH3 is 1. The first-order chi connectivity index (χ1) is 13.1. The highest BCUT2D eigenvalue weighted by molar-refractivity contribution is 7.92. The maximum atomic E-state index is 12.2. The molecule has 0 unspecified atom stereocenters. The van der Waals surface area contributed by atoms with Gasteiger partial charge in [0.05, 0.1) is 6.54 Å². The number of rotatable bonds is 6. The number of carbonyl (C=O) groups excluding carboxylic acids is 2. The average Bonchev–Trinajstić information content (AvgIpc) is 3.00. The monoisotopic (exact) mass is 410 g/mol. The highest BCUT2D eigenvalue weighted by Crippen LogP contribution is 2.30. The summed E-state index contributed by atoms with van der Waals surface area (Å²) in [5.74, 6) is 4.64. The number of hydrogen-bond acceptors (Lipinski definition) is 7. The number of sulfone groups is 1. The maximum Gasteiger partial charge on any atom is 0.414 e. The van der Waals surface area contributed by atoms with Crippen molar-refractivity contribution in [3.63, 3.8) is 0 Å². The Hall–Kier alpha value is -2.61. The van der Waals surface area contributed by atoms with Gasteiger partial charge in [-0.15, -0.1) is 0 Å². The van der Waals surface area contributed by atoms with Crippen molar-refractivity contribution < 1.29 is 32.7 Å². The van der Waals surface area contributed by atoms with Crippen molar-refractivity contribution >= 4 is 27.5 Å². The molecule has 2 atom stereocenters. The van der Waals surface area contributed by atoms with Crippen molar-refractivity contribution in [1.29, 1.82) is 0 Å². The number of hydroxylamine groups is 1. The van der Waals surface area contributed by atoms with Gasteiger partial charge in [-0.3, -0.25) is 14.9 Å². The van der Waals surface area contributed by atoms with Crippen LogP contribution < -0.4 is 10.4 Å². The number of nitrogens with one attached hydrogen (secondary N) is 1. The summed E-state index contributed by atoms with van der Waals surface area (Å²) in [7, 11) is -2.34. The standard InChI is InChI=1S/C18H22N2O7S/c1-18(16(21)19-23,28(3,24)25)11-15-12-20(17(22)27-15)14-8-6-13(7-9-14)5-4-10-26-2/h6-9,15,23H,10-12H2,1-3H3,(H,19,21)/t15-,18+/m0/s1. The van der Waals surface area contributed by atoms with Gasteiger partial charge in [-0.25, -0.2) is 18.7 Å². The van der Waals surface area contributed by atoms with Crippen molar-refractivity contribution in [2.75, 3.05) is 31.4 Å². The van der Waals surface area contributed by atoms with Crippen LogP contribution in [0.1, 0.15) is 18.9 Å². The Balaban J connectivity index is 2.15. The fraction of sp³-hybridized carbons (Fsp3) is 0.444. The summed E-state index contributed by atoms with van der Waals surface area (Å²) < 4.78 is 32.3. The Morgan fingerprint density at radius 3 is 2.61 bits per heavy atom. The first-order valence-electron chi connectivity index (χ1n) is 8.32. The smallest absolute Gasteiger partial charge is 0.414 e. The predicted octanol–water partition coefficient (Wildman–Crippen LogP) is 0.709. The molecule has 0 saturated carbocycles. The van der Waals surface area contributed by atoms with Crippen LogP contribution in [0.15, 0.2) is 24.3 Å². The van der Waals surface area contributed by atoms with E-state index in [1.54, 1.807) is 31.4 Å². The van der Waals surface area contributed by atoms with Gasteiger partial charge < -0.3 is 9.47 Å². The van der Waals surface area contributed by atoms with Gasteiger partial charge in [0.15, 0.2) is 14.6 Å². The third kappa shape index (κ3) is 4.62. The molecule has 0 aliphatic carbocycles. The number of benzene rings is 1. The van der Waals surface area contributed by atoms with Gasteiger partial charge in [0.2, 0.25) is 0 Å². The Bertz CT molecular complexity index is 902. The van der Waals surface area contributed by atoms with Gasteiger partial charge in [0.1, 0.15) is 12.7 Å². The summed E-state index contributed by atoms with van der Waals surface area (Å²) in [6, 6.07) is 6.85. The molecule has 2 amide bonds. The summed E-state index contributed by atoms with van der Waals surface area (Å²) in [5, 5.41) is 8.89. The number of ether oxygens (including phenoxy) is 2. The molecule has 0 radical (unpaired) electrons. The van der Waals surface area contributed by atoms with Crippen molar-refractivity contribution in [3.8, 4) is 11.8 Å². The zero-order valence-electron chi connectivity index (χ0n) is 15.8. The van der Waals surface area contributed by atoms with E-state index in [-0.39, 0.29) is 13.0 Å². The normalized spacial score (nSPS) is 18.6. The Morgan fingerprint density at radius 2 is 2.07 bits per heavy atom. The van der Waals surface area contributed by atoms with E-state index in [2.05, 4.69) is 11.8 Å². The molecule has 2 rings (SSSR count). The number of anilines is 1. The first kappa shape index (κ1) is 21.7. The second-order valence-corrected chi connectivity index (χ2v) is 8.99. The van der Waals surface area contributed by atoms with Gasteiger partial charge in [0, 0.05) is 31.0 Å². The van der Waals surface area contributed by atoms with Gasteiger partial charge in [0.25, 0.3) is 5.91 Å². The molecular formula is C18H22N2O7S. The molecular weight excluding hydrogens is 388 g/mol. The Morgan fingerprint density at radius 1 is 1.43 bits per heavy atom. The summed E-state index contributed by atoms with van der Waals surface area (Å²) in [4.78, 5) is 25.5. The lowest BCUT2D eigenvalue weighted by Crippen LogP contribution is -2.51. The van der Waals surface area contributed by atoms with Crippen molar-refractivity contribution in [1.82, 2.24) is 5.48 Å². The second-order valence-electron chi connectivity index (χ2n) is 6.55. The third-order valence-corrected chi connectivity index (χ3v) is 6.51. The van der Waals surface area contributed by atoms with Crippen LogP contribution in [-0.2, 0) is 24.1 Å². The fourth-order valence-electron chi connectivity index (χ4n) is 2.74. The molecule has 0 spiro atoms. The number of carbonyl (C=O) groups is 2. The van der Waals surface area contributed by atoms with Gasteiger partial charge in [-0.1, -0.05) is 11.8 Å². The average molecular weight is 410 g/mol. The lowest BCUT2D eigenvalue weighted by atomic mass is 10.0. The molecule has 1 fully saturated rings. The van der Waals surface area contributed by atoms with E-state index in [0.29, 0.717) is 12.3 Å². The van der Waals surface area contributed by atoms with Crippen molar-refractivity contribution in [2.45, 2.75) is 24.2 Å². The van der Waals surface area contributed by atoms with Gasteiger partial charge in [-0.05, 0) is 31.2 Å². The fourth-order valence-corrected chi connectivity index (χ4v) is 3.61. The minimum atomic E-state index is -3.89. The van der Waals surface area contributed by atoms with Crippen LogP contribution in [0.25, 0.3) is 0 Å². The molecule has 1 aliphatic heterocycles. The highest BCUT2D eigenvalue weighted by Gasteiger charge is 2.48. The van der Waals surface area contributed by atoms with Gasteiger partial charge >= 0.3 is 6.09 Å². The molecule has 28 heavy (non-hydrogen) atoms. The van der Waals surface area contributed by atoms with Crippen LogP contribution in [0.3, 0.4) is 0 Å². The van der Waals surface area contributed by atoms with E-state index >= 15 is 0 Å². The topological polar surface area (TPSA) is 122 Å². The highest BCUT2D eigenvalue weighted by atomic mass is 32.2. The maximum absolute atomic E-state index is 12.2. The molecule has 10 heteroatoms. The lowest BCUT2D eigenvalue weighted by molar-refractivity contribution is -0.132. The summed E-state index contributed by atoms with van der Waals surface area (Å²) >= 11 is 0.